The van der Waals surface area contributed by atoms with Gasteiger partial charge in [0.25, 0.3) is 0 Å². The van der Waals surface area contributed by atoms with Crippen LogP contribution in [0.25, 0.3) is 22.2 Å². The van der Waals surface area contributed by atoms with Gasteiger partial charge in [0.05, 0.1) is 17.3 Å². The van der Waals surface area contributed by atoms with Crippen molar-refractivity contribution in [2.45, 2.75) is 70.3 Å². The van der Waals surface area contributed by atoms with E-state index in [4.69, 9.17) is 10.5 Å². The molecule has 0 amide bonds. The SMILES string of the molecule is C1CCOCC1.CC(C)c1c(C2(O)CCCC2)cnc2ccc(-c3nc(N)ncc3F)cc12. The average Bonchev–Trinajstić information content (AvgIpc) is 3.28. The minimum Gasteiger partial charge on any atom is -0.385 e. The van der Waals surface area contributed by atoms with Crippen LogP contribution in [-0.2, 0) is 10.3 Å². The Morgan fingerprint density at radius 2 is 1.76 bits per heavy atom. The Morgan fingerprint density at radius 1 is 1.03 bits per heavy atom. The van der Waals surface area contributed by atoms with Gasteiger partial charge in [-0.2, -0.15) is 0 Å². The van der Waals surface area contributed by atoms with Crippen LogP contribution in [-0.4, -0.2) is 33.3 Å². The van der Waals surface area contributed by atoms with E-state index in [9.17, 15) is 9.50 Å². The molecule has 1 aliphatic heterocycles. The van der Waals surface area contributed by atoms with Crippen molar-refractivity contribution in [2.75, 3.05) is 18.9 Å². The van der Waals surface area contributed by atoms with Gasteiger partial charge in [-0.15, -0.1) is 0 Å². The van der Waals surface area contributed by atoms with Crippen LogP contribution in [0.4, 0.5) is 10.3 Å². The highest BCUT2D eigenvalue weighted by Gasteiger charge is 2.36. The Labute approximate surface area is 194 Å². The molecular weight excluding hydrogens is 419 g/mol. The van der Waals surface area contributed by atoms with Gasteiger partial charge in [0, 0.05) is 35.9 Å². The molecule has 0 spiro atoms. The topological polar surface area (TPSA) is 94.2 Å². The molecule has 0 bridgehead atoms. The highest BCUT2D eigenvalue weighted by molar-refractivity contribution is 5.88. The van der Waals surface area contributed by atoms with Crippen LogP contribution in [0.5, 0.6) is 0 Å². The second-order valence-electron chi connectivity index (χ2n) is 9.31. The molecule has 0 unspecified atom stereocenters. The fourth-order valence-electron chi connectivity index (χ4n) is 4.85. The molecule has 176 valence electrons. The molecule has 7 heteroatoms. The first-order chi connectivity index (χ1) is 15.9. The van der Waals surface area contributed by atoms with Crippen LogP contribution in [0.2, 0.25) is 0 Å². The van der Waals surface area contributed by atoms with E-state index in [1.54, 1.807) is 6.07 Å². The summed E-state index contributed by atoms with van der Waals surface area (Å²) in [5, 5.41) is 12.1. The molecule has 3 N–H and O–H groups in total. The van der Waals surface area contributed by atoms with Crippen LogP contribution in [0.3, 0.4) is 0 Å². The van der Waals surface area contributed by atoms with Crippen molar-refractivity contribution >= 4 is 16.9 Å². The van der Waals surface area contributed by atoms with Crippen molar-refractivity contribution in [3.63, 3.8) is 0 Å². The van der Waals surface area contributed by atoms with Gasteiger partial charge in [-0.3, -0.25) is 4.98 Å². The Balaban J connectivity index is 0.000000376. The van der Waals surface area contributed by atoms with E-state index in [1.807, 2.05) is 18.3 Å². The normalized spacial score (nSPS) is 17.7. The quantitative estimate of drug-likeness (QED) is 0.546. The zero-order valence-corrected chi connectivity index (χ0v) is 19.5. The number of anilines is 1. The van der Waals surface area contributed by atoms with Gasteiger partial charge in [0.1, 0.15) is 5.69 Å². The summed E-state index contributed by atoms with van der Waals surface area (Å²) in [5.74, 6) is -0.304. The number of hydrogen-bond acceptors (Lipinski definition) is 6. The Hall–Kier alpha value is -2.64. The lowest BCUT2D eigenvalue weighted by Gasteiger charge is -2.28. The molecule has 3 heterocycles. The lowest BCUT2D eigenvalue weighted by Crippen LogP contribution is -2.23. The minimum atomic E-state index is -0.832. The molecular formula is C26H33FN4O2. The maximum Gasteiger partial charge on any atom is 0.220 e. The fourth-order valence-corrected chi connectivity index (χ4v) is 4.85. The van der Waals surface area contributed by atoms with Crippen LogP contribution in [0.15, 0.2) is 30.6 Å². The largest absolute Gasteiger partial charge is 0.385 e. The molecule has 33 heavy (non-hydrogen) atoms. The third-order valence-corrected chi connectivity index (χ3v) is 6.53. The maximum absolute atomic E-state index is 14.3. The number of aromatic nitrogens is 3. The molecule has 1 saturated heterocycles. The molecule has 5 rings (SSSR count). The van der Waals surface area contributed by atoms with Gasteiger partial charge in [0.15, 0.2) is 5.82 Å². The van der Waals surface area contributed by atoms with Crippen molar-refractivity contribution in [2.24, 2.45) is 0 Å². The van der Waals surface area contributed by atoms with E-state index < -0.39 is 11.4 Å². The summed E-state index contributed by atoms with van der Waals surface area (Å²) in [6, 6.07) is 5.54. The average molecular weight is 453 g/mol. The highest BCUT2D eigenvalue weighted by Crippen LogP contribution is 2.43. The van der Waals surface area contributed by atoms with Crippen molar-refractivity contribution in [3.8, 4) is 11.3 Å². The van der Waals surface area contributed by atoms with E-state index >= 15 is 0 Å². The third-order valence-electron chi connectivity index (χ3n) is 6.53. The number of nitrogen functional groups attached to an aromatic ring is 1. The van der Waals surface area contributed by atoms with Crippen LogP contribution in [0, 0.1) is 5.82 Å². The predicted molar refractivity (Wildman–Crippen MR) is 128 cm³/mol. The second-order valence-corrected chi connectivity index (χ2v) is 9.31. The summed E-state index contributed by atoms with van der Waals surface area (Å²) < 4.78 is 19.3. The lowest BCUT2D eigenvalue weighted by molar-refractivity contribution is 0.0432. The van der Waals surface area contributed by atoms with Crippen molar-refractivity contribution in [3.05, 3.63) is 47.5 Å². The van der Waals surface area contributed by atoms with E-state index in [-0.39, 0.29) is 17.6 Å². The number of benzene rings is 1. The zero-order valence-electron chi connectivity index (χ0n) is 19.5. The number of pyridine rings is 1. The van der Waals surface area contributed by atoms with E-state index in [1.165, 1.54) is 19.3 Å². The summed E-state index contributed by atoms with van der Waals surface area (Å²) in [4.78, 5) is 12.3. The molecule has 2 aromatic heterocycles. The second kappa shape index (κ2) is 10.1. The molecule has 1 aliphatic carbocycles. The van der Waals surface area contributed by atoms with Gasteiger partial charge in [0.2, 0.25) is 5.95 Å². The summed E-state index contributed by atoms with van der Waals surface area (Å²) in [7, 11) is 0. The van der Waals surface area contributed by atoms with Gasteiger partial charge < -0.3 is 15.6 Å². The van der Waals surface area contributed by atoms with Gasteiger partial charge in [-0.05, 0) is 55.7 Å². The minimum absolute atomic E-state index is 0.0303. The van der Waals surface area contributed by atoms with Crippen molar-refractivity contribution in [1.29, 1.82) is 0 Å². The highest BCUT2D eigenvalue weighted by atomic mass is 19.1. The number of ether oxygens (including phenoxy) is 1. The van der Waals surface area contributed by atoms with E-state index in [0.29, 0.717) is 5.56 Å². The standard InChI is InChI=1S/C21H23FN4O.C5H10O/c1-12(2)18-14-9-13(19-16(22)11-25-20(23)26-19)5-6-17(14)24-10-15(18)21(27)7-3-4-8-21;1-2-4-6-5-3-1/h5-6,9-12,27H,3-4,7-8H2,1-2H3,(H2,23,25,26);1-5H2. The number of fused-ring (bicyclic) bond motifs is 1. The van der Waals surface area contributed by atoms with Gasteiger partial charge in [-0.25, -0.2) is 14.4 Å². The van der Waals surface area contributed by atoms with Gasteiger partial charge in [-0.1, -0.05) is 32.8 Å². The first kappa shape index (κ1) is 23.5. The summed E-state index contributed by atoms with van der Waals surface area (Å²) in [6.45, 7) is 6.21. The summed E-state index contributed by atoms with van der Waals surface area (Å²) >= 11 is 0. The Bertz CT molecular complexity index is 1100. The summed E-state index contributed by atoms with van der Waals surface area (Å²) in [5.41, 5.74) is 8.37. The third kappa shape index (κ3) is 5.14. The molecule has 0 atom stereocenters. The maximum atomic E-state index is 14.3. The van der Waals surface area contributed by atoms with Crippen molar-refractivity contribution < 1.29 is 14.2 Å². The van der Waals surface area contributed by atoms with Crippen LogP contribution < -0.4 is 5.73 Å². The molecule has 6 nitrogen and oxygen atoms in total. The smallest absolute Gasteiger partial charge is 0.220 e. The number of nitrogens with two attached hydrogens (primary N) is 1. The first-order valence-corrected chi connectivity index (χ1v) is 11.9. The van der Waals surface area contributed by atoms with E-state index in [2.05, 4.69) is 28.8 Å². The fraction of sp³-hybridized carbons (Fsp3) is 0.500. The Morgan fingerprint density at radius 3 is 2.36 bits per heavy atom. The van der Waals surface area contributed by atoms with Crippen molar-refractivity contribution in [1.82, 2.24) is 15.0 Å². The number of halogens is 1. The molecule has 1 aromatic carbocycles. The molecule has 3 aromatic rings. The van der Waals surface area contributed by atoms with E-state index in [0.717, 1.165) is 67.1 Å². The molecule has 2 fully saturated rings. The molecule has 1 saturated carbocycles. The number of rotatable bonds is 3. The first-order valence-electron chi connectivity index (χ1n) is 11.9. The monoisotopic (exact) mass is 452 g/mol. The molecule has 2 aliphatic rings. The molecule has 0 radical (unpaired) electrons. The summed E-state index contributed by atoms with van der Waals surface area (Å²) in [6.07, 6.45) is 10.3. The van der Waals surface area contributed by atoms with Gasteiger partial charge >= 0.3 is 0 Å². The van der Waals surface area contributed by atoms with Crippen LogP contribution >= 0.6 is 0 Å². The predicted octanol–water partition coefficient (Wildman–Crippen LogP) is 5.49. The number of aliphatic hydroxyl groups is 1. The zero-order chi connectivity index (χ0) is 23.4. The lowest BCUT2D eigenvalue weighted by atomic mass is 9.83. The number of nitrogens with zero attached hydrogens (tertiary/aromatic N) is 3. The Kier molecular flexibility index (Phi) is 7.20. The van der Waals surface area contributed by atoms with Crippen LogP contribution in [0.1, 0.15) is 75.8 Å². The number of hydrogen-bond donors (Lipinski definition) is 2.